The number of aryl methyl sites for hydroxylation is 1. The largest absolute Gasteiger partial charge is 0.393 e. The summed E-state index contributed by atoms with van der Waals surface area (Å²) >= 11 is 2.91. The second kappa shape index (κ2) is 7.45. The molecule has 0 aromatic carbocycles. The van der Waals surface area contributed by atoms with Crippen LogP contribution in [0.4, 0.5) is 10.8 Å². The Hall–Kier alpha value is -2.17. The molecule has 27 heavy (non-hydrogen) atoms. The monoisotopic (exact) mass is 403 g/mol. The summed E-state index contributed by atoms with van der Waals surface area (Å²) in [7, 11) is 0. The topological polar surface area (TPSA) is 99.7 Å². The molecule has 3 aromatic rings. The van der Waals surface area contributed by atoms with Gasteiger partial charge < -0.3 is 15.8 Å². The van der Waals surface area contributed by atoms with E-state index in [4.69, 9.17) is 4.98 Å². The predicted molar refractivity (Wildman–Crippen MR) is 109 cm³/mol. The third kappa shape index (κ3) is 3.78. The van der Waals surface area contributed by atoms with Crippen LogP contribution in [0, 0.1) is 6.92 Å². The molecule has 0 radical (unpaired) electrons. The second-order valence-electron chi connectivity index (χ2n) is 6.64. The molecule has 0 saturated heterocycles. The van der Waals surface area contributed by atoms with Crippen LogP contribution in [-0.4, -0.2) is 48.0 Å². The van der Waals surface area contributed by atoms with Crippen LogP contribution >= 0.6 is 23.3 Å². The average molecular weight is 404 g/mol. The van der Waals surface area contributed by atoms with Crippen molar-refractivity contribution in [3.63, 3.8) is 0 Å². The molecular formula is C17H21N7OS2. The lowest BCUT2D eigenvalue weighted by atomic mass is 10.0. The SMILES string of the molecule is Cc1cc(Nc2nc(SCC(C)O)cn3c(C4C=NNC4C)cnc23)sn1. The minimum atomic E-state index is -0.401. The number of anilines is 2. The van der Waals surface area contributed by atoms with Crippen molar-refractivity contribution in [2.24, 2.45) is 5.10 Å². The molecule has 0 fully saturated rings. The maximum absolute atomic E-state index is 9.64. The highest BCUT2D eigenvalue weighted by molar-refractivity contribution is 7.99. The van der Waals surface area contributed by atoms with Crippen molar-refractivity contribution in [3.8, 4) is 0 Å². The van der Waals surface area contributed by atoms with Gasteiger partial charge in [0, 0.05) is 18.2 Å². The number of aromatic nitrogens is 4. The van der Waals surface area contributed by atoms with E-state index in [1.807, 2.05) is 31.6 Å². The van der Waals surface area contributed by atoms with Crippen molar-refractivity contribution in [3.05, 3.63) is 29.8 Å². The second-order valence-corrected chi connectivity index (χ2v) is 8.49. The van der Waals surface area contributed by atoms with Gasteiger partial charge in [0.15, 0.2) is 11.5 Å². The van der Waals surface area contributed by atoms with E-state index in [1.54, 1.807) is 6.92 Å². The fourth-order valence-corrected chi connectivity index (χ4v) is 4.32. The van der Waals surface area contributed by atoms with Gasteiger partial charge in [-0.15, -0.1) is 11.8 Å². The molecule has 0 spiro atoms. The summed E-state index contributed by atoms with van der Waals surface area (Å²) in [4.78, 5) is 9.33. The molecular weight excluding hydrogens is 382 g/mol. The van der Waals surface area contributed by atoms with Crippen molar-refractivity contribution in [1.29, 1.82) is 0 Å². The third-order valence-electron chi connectivity index (χ3n) is 4.23. The van der Waals surface area contributed by atoms with Crippen molar-refractivity contribution in [2.75, 3.05) is 11.1 Å². The van der Waals surface area contributed by atoms with Gasteiger partial charge in [-0.3, -0.25) is 4.40 Å². The van der Waals surface area contributed by atoms with Crippen LogP contribution in [0.3, 0.4) is 0 Å². The third-order valence-corrected chi connectivity index (χ3v) is 6.17. The summed E-state index contributed by atoms with van der Waals surface area (Å²) in [5.74, 6) is 1.39. The van der Waals surface area contributed by atoms with Crippen LogP contribution < -0.4 is 10.7 Å². The number of thioether (sulfide) groups is 1. The first kappa shape index (κ1) is 18.2. The van der Waals surface area contributed by atoms with Gasteiger partial charge in [-0.2, -0.15) is 9.47 Å². The van der Waals surface area contributed by atoms with Crippen LogP contribution in [0.1, 0.15) is 31.2 Å². The van der Waals surface area contributed by atoms with E-state index in [9.17, 15) is 5.11 Å². The molecule has 3 unspecified atom stereocenters. The van der Waals surface area contributed by atoms with E-state index in [0.29, 0.717) is 11.6 Å². The molecule has 142 valence electrons. The minimum absolute atomic E-state index is 0.135. The Morgan fingerprint density at radius 1 is 1.48 bits per heavy atom. The summed E-state index contributed by atoms with van der Waals surface area (Å²) in [6, 6.07) is 2.19. The molecule has 1 aliphatic heterocycles. The van der Waals surface area contributed by atoms with E-state index in [0.717, 1.165) is 27.1 Å². The first-order valence-electron chi connectivity index (χ1n) is 8.69. The molecule has 10 heteroatoms. The average Bonchev–Trinajstić information content (AvgIpc) is 3.33. The summed E-state index contributed by atoms with van der Waals surface area (Å²) in [6.07, 6.45) is 5.37. The van der Waals surface area contributed by atoms with Crippen molar-refractivity contribution in [1.82, 2.24) is 24.2 Å². The number of imidazole rings is 1. The summed E-state index contributed by atoms with van der Waals surface area (Å²) in [5, 5.41) is 18.9. The molecule has 3 atom stereocenters. The Labute approximate surface area is 165 Å². The molecule has 4 heterocycles. The van der Waals surface area contributed by atoms with Crippen LogP contribution in [0.2, 0.25) is 0 Å². The quantitative estimate of drug-likeness (QED) is 0.544. The van der Waals surface area contributed by atoms with Crippen molar-refractivity contribution >= 4 is 46.0 Å². The zero-order valence-electron chi connectivity index (χ0n) is 15.2. The van der Waals surface area contributed by atoms with Crippen LogP contribution in [-0.2, 0) is 0 Å². The Morgan fingerprint density at radius 2 is 2.33 bits per heavy atom. The normalized spacial score (nSPS) is 20.1. The number of aliphatic hydroxyl groups is 1. The van der Waals surface area contributed by atoms with Gasteiger partial charge >= 0.3 is 0 Å². The lowest BCUT2D eigenvalue weighted by molar-refractivity contribution is 0.220. The van der Waals surface area contributed by atoms with Gasteiger partial charge in [0.1, 0.15) is 10.0 Å². The first-order chi connectivity index (χ1) is 13.0. The fourth-order valence-electron chi connectivity index (χ4n) is 2.91. The van der Waals surface area contributed by atoms with Gasteiger partial charge in [0.2, 0.25) is 0 Å². The number of hydrogen-bond acceptors (Lipinski definition) is 9. The molecule has 3 aromatic heterocycles. The number of nitrogens with zero attached hydrogens (tertiary/aromatic N) is 5. The standard InChI is InChI=1S/C17H21N7OS2/c1-9-4-14(27-23-9)20-16-17-18-6-13(12-5-19-22-11(12)3)24(17)7-15(21-16)26-8-10(2)25/h4-7,10-12,22,25H,8H2,1-3H3,(H,20,21). The number of rotatable bonds is 6. The van der Waals surface area contributed by atoms with E-state index in [1.165, 1.54) is 23.3 Å². The molecule has 8 nitrogen and oxygen atoms in total. The zero-order chi connectivity index (χ0) is 19.0. The minimum Gasteiger partial charge on any atom is -0.393 e. The first-order valence-corrected chi connectivity index (χ1v) is 10.4. The van der Waals surface area contributed by atoms with Crippen LogP contribution in [0.5, 0.6) is 0 Å². The van der Waals surface area contributed by atoms with Gasteiger partial charge in [-0.1, -0.05) is 0 Å². The Kier molecular flexibility index (Phi) is 5.02. The van der Waals surface area contributed by atoms with Crippen LogP contribution in [0.15, 0.2) is 28.6 Å². The van der Waals surface area contributed by atoms with E-state index in [-0.39, 0.29) is 12.0 Å². The number of nitrogens with one attached hydrogen (secondary N) is 2. The summed E-state index contributed by atoms with van der Waals surface area (Å²) in [6.45, 7) is 5.83. The van der Waals surface area contributed by atoms with Crippen molar-refractivity contribution < 1.29 is 5.11 Å². The lowest BCUT2D eigenvalue weighted by Gasteiger charge is -2.14. The smallest absolute Gasteiger partial charge is 0.180 e. The molecule has 4 rings (SSSR count). The number of hydrazone groups is 1. The van der Waals surface area contributed by atoms with Crippen molar-refractivity contribution in [2.45, 2.75) is 43.9 Å². The number of aliphatic hydroxyl groups excluding tert-OH is 1. The van der Waals surface area contributed by atoms with Crippen LogP contribution in [0.25, 0.3) is 5.65 Å². The molecule has 0 bridgehead atoms. The van der Waals surface area contributed by atoms with Gasteiger partial charge in [0.05, 0.1) is 35.6 Å². The molecule has 0 aliphatic carbocycles. The highest BCUT2D eigenvalue weighted by Gasteiger charge is 2.26. The van der Waals surface area contributed by atoms with Gasteiger partial charge in [-0.25, -0.2) is 9.97 Å². The molecule has 1 aliphatic rings. The Morgan fingerprint density at radius 3 is 3.00 bits per heavy atom. The fraction of sp³-hybridized carbons (Fsp3) is 0.412. The molecule has 3 N–H and O–H groups in total. The highest BCUT2D eigenvalue weighted by atomic mass is 32.2. The maximum atomic E-state index is 9.64. The maximum Gasteiger partial charge on any atom is 0.180 e. The summed E-state index contributed by atoms with van der Waals surface area (Å²) in [5.41, 5.74) is 5.86. The summed E-state index contributed by atoms with van der Waals surface area (Å²) < 4.78 is 6.38. The predicted octanol–water partition coefficient (Wildman–Crippen LogP) is 2.77. The zero-order valence-corrected chi connectivity index (χ0v) is 16.9. The lowest BCUT2D eigenvalue weighted by Crippen LogP contribution is -2.22. The van der Waals surface area contributed by atoms with E-state index >= 15 is 0 Å². The molecule has 0 amide bonds. The van der Waals surface area contributed by atoms with Gasteiger partial charge in [0.25, 0.3) is 0 Å². The molecule has 0 saturated carbocycles. The Bertz CT molecular complexity index is 981. The van der Waals surface area contributed by atoms with E-state index < -0.39 is 6.10 Å². The number of hydrogen-bond donors (Lipinski definition) is 3. The van der Waals surface area contributed by atoms with E-state index in [2.05, 4.69) is 36.5 Å². The van der Waals surface area contributed by atoms with Gasteiger partial charge in [-0.05, 0) is 38.4 Å². The highest BCUT2D eigenvalue weighted by Crippen LogP contribution is 2.30. The Balaban J connectivity index is 1.77. The number of fused-ring (bicyclic) bond motifs is 1.